The lowest BCUT2D eigenvalue weighted by Crippen LogP contribution is -2.47. The Morgan fingerprint density at radius 1 is 1.02 bits per heavy atom. The second-order valence-corrected chi connectivity index (χ2v) is 13.0. The molecule has 3 N–H and O–H groups in total. The third kappa shape index (κ3) is 6.43. The summed E-state index contributed by atoms with van der Waals surface area (Å²) in [6, 6.07) is 9.78. The molecule has 0 spiro atoms. The summed E-state index contributed by atoms with van der Waals surface area (Å²) >= 11 is 0. The van der Waals surface area contributed by atoms with Crippen molar-refractivity contribution in [2.75, 3.05) is 42.9 Å². The van der Waals surface area contributed by atoms with E-state index in [2.05, 4.69) is 25.4 Å². The predicted octanol–water partition coefficient (Wildman–Crippen LogP) is 4.95. The van der Waals surface area contributed by atoms with E-state index in [1.807, 2.05) is 64.2 Å². The number of aromatic nitrogens is 2. The van der Waals surface area contributed by atoms with Gasteiger partial charge >= 0.3 is 0 Å². The van der Waals surface area contributed by atoms with Gasteiger partial charge in [0.05, 0.1) is 0 Å². The summed E-state index contributed by atoms with van der Waals surface area (Å²) < 4.78 is 0. The zero-order chi connectivity index (χ0) is 31.0. The molecule has 0 bridgehead atoms. The van der Waals surface area contributed by atoms with E-state index < -0.39 is 0 Å². The van der Waals surface area contributed by atoms with Gasteiger partial charge in [0.2, 0.25) is 5.91 Å². The van der Waals surface area contributed by atoms with Crippen LogP contribution in [0, 0.1) is 32.1 Å². The molecule has 44 heavy (non-hydrogen) atoms. The molecule has 2 aliphatic carbocycles. The standard InChI is InChI=1S/C35H44N6O3/c1-5-35(10-11-35)34(44)39-30-18-27(17-28(24(30)4)32(42)37-20-29-22(2)16-23(3)38-33(29)43)26-8-9-31(36-19-26)41-14-12-40(13-15-41)21-25-6-7-25/h8-9,16-19,25H,5-7,10-15,20-21H2,1-4H3,(H,37,42)(H,38,43)(H,39,44). The fourth-order valence-electron chi connectivity index (χ4n) is 6.33. The van der Waals surface area contributed by atoms with Crippen LogP contribution in [0.15, 0.2) is 41.3 Å². The Labute approximate surface area is 259 Å². The van der Waals surface area contributed by atoms with Gasteiger partial charge in [0, 0.05) is 79.0 Å². The lowest BCUT2D eigenvalue weighted by Gasteiger charge is -2.35. The molecule has 0 radical (unpaired) electrons. The SMILES string of the molecule is CCC1(C(=O)Nc2cc(-c3ccc(N4CCN(CC5CC5)CC4)nc3)cc(C(=O)NCc3c(C)cc(C)[nH]c3=O)c2C)CC1. The quantitative estimate of drug-likeness (QED) is 0.306. The van der Waals surface area contributed by atoms with E-state index in [-0.39, 0.29) is 29.3 Å². The molecule has 3 aliphatic rings. The Hall–Kier alpha value is -3.98. The van der Waals surface area contributed by atoms with E-state index >= 15 is 0 Å². The number of rotatable bonds is 10. The average Bonchev–Trinajstić information content (AvgIpc) is 3.94. The molecular weight excluding hydrogens is 552 g/mol. The first-order chi connectivity index (χ1) is 21.2. The molecule has 9 heteroatoms. The van der Waals surface area contributed by atoms with Crippen LogP contribution in [-0.4, -0.2) is 59.4 Å². The summed E-state index contributed by atoms with van der Waals surface area (Å²) in [7, 11) is 0. The van der Waals surface area contributed by atoms with Gasteiger partial charge in [-0.15, -0.1) is 0 Å². The van der Waals surface area contributed by atoms with Gasteiger partial charge in [0.1, 0.15) is 5.82 Å². The van der Waals surface area contributed by atoms with Gasteiger partial charge in [-0.1, -0.05) is 6.92 Å². The van der Waals surface area contributed by atoms with Gasteiger partial charge < -0.3 is 20.5 Å². The topological polar surface area (TPSA) is 110 Å². The molecule has 3 heterocycles. The number of anilines is 2. The molecule has 1 saturated heterocycles. The molecule has 3 fully saturated rings. The van der Waals surface area contributed by atoms with Crippen molar-refractivity contribution >= 4 is 23.3 Å². The van der Waals surface area contributed by atoms with E-state index in [1.54, 1.807) is 0 Å². The molecule has 0 atom stereocenters. The molecule has 2 amide bonds. The van der Waals surface area contributed by atoms with Crippen LogP contribution < -0.4 is 21.1 Å². The minimum absolute atomic E-state index is 0.00252. The highest BCUT2D eigenvalue weighted by atomic mass is 16.2. The predicted molar refractivity (Wildman–Crippen MR) is 174 cm³/mol. The molecular formula is C35H44N6O3. The third-order valence-corrected chi connectivity index (χ3v) is 9.82. The van der Waals surface area contributed by atoms with Gasteiger partial charge in [0.15, 0.2) is 0 Å². The number of benzene rings is 1. The Balaban J connectivity index is 1.24. The van der Waals surface area contributed by atoms with Crippen LogP contribution in [-0.2, 0) is 11.3 Å². The van der Waals surface area contributed by atoms with Gasteiger partial charge in [0.25, 0.3) is 11.5 Å². The number of hydrogen-bond donors (Lipinski definition) is 3. The number of carbonyl (C=O) groups is 2. The monoisotopic (exact) mass is 596 g/mol. The van der Waals surface area contributed by atoms with Crippen molar-refractivity contribution in [3.05, 3.63) is 74.8 Å². The highest BCUT2D eigenvalue weighted by Crippen LogP contribution is 2.49. The number of nitrogens with one attached hydrogen (secondary N) is 3. The molecule has 2 aromatic heterocycles. The first kappa shape index (κ1) is 30.1. The van der Waals surface area contributed by atoms with Crippen molar-refractivity contribution in [3.8, 4) is 11.1 Å². The molecule has 1 aromatic carbocycles. The van der Waals surface area contributed by atoms with Crippen LogP contribution in [0.2, 0.25) is 0 Å². The van der Waals surface area contributed by atoms with Crippen LogP contribution >= 0.6 is 0 Å². The van der Waals surface area contributed by atoms with Gasteiger partial charge in [-0.25, -0.2) is 4.98 Å². The molecule has 6 rings (SSSR count). The summed E-state index contributed by atoms with van der Waals surface area (Å²) in [4.78, 5) is 51.9. The fourth-order valence-corrected chi connectivity index (χ4v) is 6.33. The van der Waals surface area contributed by atoms with Gasteiger partial charge in [-0.3, -0.25) is 19.3 Å². The molecule has 0 unspecified atom stereocenters. The lowest BCUT2D eigenvalue weighted by atomic mass is 9.96. The van der Waals surface area contributed by atoms with Gasteiger partial charge in [-0.2, -0.15) is 0 Å². The average molecular weight is 597 g/mol. The smallest absolute Gasteiger partial charge is 0.253 e. The maximum atomic E-state index is 13.6. The summed E-state index contributed by atoms with van der Waals surface area (Å²) in [5.41, 5.74) is 5.05. The number of hydrogen-bond acceptors (Lipinski definition) is 6. The van der Waals surface area contributed by atoms with E-state index in [1.165, 1.54) is 19.4 Å². The number of amides is 2. The Morgan fingerprint density at radius 3 is 2.39 bits per heavy atom. The number of carbonyl (C=O) groups excluding carboxylic acids is 2. The largest absolute Gasteiger partial charge is 0.354 e. The first-order valence-corrected chi connectivity index (χ1v) is 16.0. The van der Waals surface area contributed by atoms with Crippen molar-refractivity contribution in [3.63, 3.8) is 0 Å². The van der Waals surface area contributed by atoms with Crippen LogP contribution in [0.3, 0.4) is 0 Å². The zero-order valence-electron chi connectivity index (χ0n) is 26.4. The molecule has 1 aliphatic heterocycles. The van der Waals surface area contributed by atoms with E-state index in [0.29, 0.717) is 22.4 Å². The highest BCUT2D eigenvalue weighted by molar-refractivity contribution is 6.03. The van der Waals surface area contributed by atoms with E-state index in [4.69, 9.17) is 4.98 Å². The van der Waals surface area contributed by atoms with Crippen LogP contribution in [0.25, 0.3) is 11.1 Å². The Kier molecular flexibility index (Phi) is 8.33. The summed E-state index contributed by atoms with van der Waals surface area (Å²) in [6.45, 7) is 13.0. The Bertz CT molecular complexity index is 1610. The van der Waals surface area contributed by atoms with E-state index in [9.17, 15) is 14.4 Å². The minimum atomic E-state index is -0.319. The zero-order valence-corrected chi connectivity index (χ0v) is 26.4. The summed E-state index contributed by atoms with van der Waals surface area (Å²) in [5.74, 6) is 1.56. The number of H-pyrrole nitrogens is 1. The maximum absolute atomic E-state index is 13.6. The van der Waals surface area contributed by atoms with Gasteiger partial charge in [-0.05, 0) is 106 Å². The lowest BCUT2D eigenvalue weighted by molar-refractivity contribution is -0.121. The second-order valence-electron chi connectivity index (χ2n) is 13.0. The number of aromatic amines is 1. The summed E-state index contributed by atoms with van der Waals surface area (Å²) in [6.07, 6.45) is 7.16. The Morgan fingerprint density at radius 2 is 1.77 bits per heavy atom. The van der Waals surface area contributed by atoms with Crippen molar-refractivity contribution < 1.29 is 9.59 Å². The molecule has 2 saturated carbocycles. The highest BCUT2D eigenvalue weighted by Gasteiger charge is 2.48. The number of aryl methyl sites for hydroxylation is 2. The van der Waals surface area contributed by atoms with Crippen molar-refractivity contribution in [2.45, 2.75) is 66.3 Å². The number of pyridine rings is 2. The fraction of sp³-hybridized carbons (Fsp3) is 0.486. The van der Waals surface area contributed by atoms with Crippen molar-refractivity contribution in [1.82, 2.24) is 20.2 Å². The summed E-state index contributed by atoms with van der Waals surface area (Å²) in [5, 5.41) is 6.09. The molecule has 3 aromatic rings. The third-order valence-electron chi connectivity index (χ3n) is 9.82. The number of nitrogens with zero attached hydrogens (tertiary/aromatic N) is 3. The normalized spacial score (nSPS) is 17.8. The minimum Gasteiger partial charge on any atom is -0.354 e. The maximum Gasteiger partial charge on any atom is 0.253 e. The van der Waals surface area contributed by atoms with E-state index in [0.717, 1.165) is 79.6 Å². The molecule has 232 valence electrons. The van der Waals surface area contributed by atoms with Crippen molar-refractivity contribution in [1.29, 1.82) is 0 Å². The first-order valence-electron chi connectivity index (χ1n) is 16.0. The second kappa shape index (κ2) is 12.2. The van der Waals surface area contributed by atoms with Crippen LogP contribution in [0.5, 0.6) is 0 Å². The molecule has 9 nitrogen and oxygen atoms in total. The van der Waals surface area contributed by atoms with Crippen molar-refractivity contribution in [2.24, 2.45) is 11.3 Å². The van der Waals surface area contributed by atoms with Crippen LogP contribution in [0.4, 0.5) is 11.5 Å². The number of piperazine rings is 1. The van der Waals surface area contributed by atoms with Crippen LogP contribution in [0.1, 0.15) is 71.8 Å².